The molecular formula is C17H17ClN2O. The highest BCUT2D eigenvalue weighted by molar-refractivity contribution is 6.31. The molecule has 1 aliphatic rings. The molecule has 4 heteroatoms. The minimum atomic E-state index is -0.0653. The number of rotatable bonds is 2. The molecule has 0 fully saturated rings. The molecule has 0 heterocycles. The molecular weight excluding hydrogens is 284 g/mol. The van der Waals surface area contributed by atoms with Gasteiger partial charge in [0.1, 0.15) is 0 Å². The zero-order valence-corrected chi connectivity index (χ0v) is 12.6. The number of carbonyl (C=O) groups excluding carboxylic acids is 1. The van der Waals surface area contributed by atoms with Crippen LogP contribution in [0.1, 0.15) is 39.5 Å². The standard InChI is InChI=1S/C17H17ClN2O/c1-10-8-12(2-6-15(10)18)17(21)20-16-7-3-11-9-13(19)4-5-14(11)16/h2,4-6,8-9,16H,3,7,19H2,1H3,(H,20,21). The molecule has 108 valence electrons. The second-order valence-corrected chi connectivity index (χ2v) is 5.89. The Kier molecular flexibility index (Phi) is 3.60. The van der Waals surface area contributed by atoms with Gasteiger partial charge in [-0.05, 0) is 66.8 Å². The maximum atomic E-state index is 12.4. The molecule has 1 amide bonds. The second-order valence-electron chi connectivity index (χ2n) is 5.49. The minimum absolute atomic E-state index is 0.0593. The summed E-state index contributed by atoms with van der Waals surface area (Å²) in [4.78, 5) is 12.4. The number of aryl methyl sites for hydroxylation is 2. The third kappa shape index (κ3) is 2.74. The molecule has 21 heavy (non-hydrogen) atoms. The number of carbonyl (C=O) groups is 1. The van der Waals surface area contributed by atoms with E-state index in [2.05, 4.69) is 5.32 Å². The number of nitrogens with two attached hydrogens (primary N) is 1. The SMILES string of the molecule is Cc1cc(C(=O)NC2CCc3cc(N)ccc32)ccc1Cl. The Balaban J connectivity index is 1.79. The van der Waals surface area contributed by atoms with Gasteiger partial charge in [-0.2, -0.15) is 0 Å². The first-order valence-corrected chi connectivity index (χ1v) is 7.37. The summed E-state index contributed by atoms with van der Waals surface area (Å²) < 4.78 is 0. The number of nitrogen functional groups attached to an aromatic ring is 1. The maximum Gasteiger partial charge on any atom is 0.251 e. The zero-order chi connectivity index (χ0) is 15.0. The van der Waals surface area contributed by atoms with Crippen molar-refractivity contribution < 1.29 is 4.79 Å². The van der Waals surface area contributed by atoms with E-state index in [0.717, 1.165) is 24.1 Å². The zero-order valence-electron chi connectivity index (χ0n) is 11.8. The van der Waals surface area contributed by atoms with Gasteiger partial charge in [-0.1, -0.05) is 17.7 Å². The van der Waals surface area contributed by atoms with Crippen LogP contribution in [-0.4, -0.2) is 5.91 Å². The van der Waals surface area contributed by atoms with E-state index in [0.29, 0.717) is 10.6 Å². The fraction of sp³-hybridized carbons (Fsp3) is 0.235. The summed E-state index contributed by atoms with van der Waals surface area (Å²) in [6.07, 6.45) is 1.86. The van der Waals surface area contributed by atoms with Crippen molar-refractivity contribution in [3.05, 3.63) is 63.7 Å². The van der Waals surface area contributed by atoms with Gasteiger partial charge in [0, 0.05) is 16.3 Å². The topological polar surface area (TPSA) is 55.1 Å². The molecule has 0 saturated heterocycles. The van der Waals surface area contributed by atoms with Crippen LogP contribution >= 0.6 is 11.6 Å². The van der Waals surface area contributed by atoms with Crippen molar-refractivity contribution in [2.45, 2.75) is 25.8 Å². The molecule has 2 aromatic rings. The van der Waals surface area contributed by atoms with Crippen molar-refractivity contribution in [1.82, 2.24) is 5.32 Å². The van der Waals surface area contributed by atoms with Crippen LogP contribution in [0.15, 0.2) is 36.4 Å². The number of hydrogen-bond acceptors (Lipinski definition) is 2. The maximum absolute atomic E-state index is 12.4. The Morgan fingerprint density at radius 2 is 2.10 bits per heavy atom. The molecule has 3 N–H and O–H groups in total. The Bertz CT molecular complexity index is 712. The van der Waals surface area contributed by atoms with Crippen LogP contribution in [0.3, 0.4) is 0 Å². The van der Waals surface area contributed by atoms with Gasteiger partial charge in [-0.15, -0.1) is 0 Å². The fourth-order valence-corrected chi connectivity index (χ4v) is 2.93. The molecule has 3 nitrogen and oxygen atoms in total. The number of fused-ring (bicyclic) bond motifs is 1. The minimum Gasteiger partial charge on any atom is -0.399 e. The summed E-state index contributed by atoms with van der Waals surface area (Å²) >= 11 is 5.99. The van der Waals surface area contributed by atoms with Crippen molar-refractivity contribution in [1.29, 1.82) is 0 Å². The van der Waals surface area contributed by atoms with Crippen LogP contribution in [0, 0.1) is 6.92 Å². The summed E-state index contributed by atoms with van der Waals surface area (Å²) in [5.41, 5.74) is 10.5. The third-order valence-electron chi connectivity index (χ3n) is 3.97. The predicted molar refractivity (Wildman–Crippen MR) is 85.6 cm³/mol. The normalized spacial score (nSPS) is 16.6. The monoisotopic (exact) mass is 300 g/mol. The molecule has 0 aliphatic heterocycles. The molecule has 2 aromatic carbocycles. The first-order chi connectivity index (χ1) is 10.0. The first kappa shape index (κ1) is 14.0. The summed E-state index contributed by atoms with van der Waals surface area (Å²) in [7, 11) is 0. The van der Waals surface area contributed by atoms with Gasteiger partial charge < -0.3 is 11.1 Å². The summed E-state index contributed by atoms with van der Waals surface area (Å²) in [6, 6.07) is 11.3. The van der Waals surface area contributed by atoms with Crippen LogP contribution in [0.25, 0.3) is 0 Å². The molecule has 0 radical (unpaired) electrons. The van der Waals surface area contributed by atoms with Gasteiger partial charge in [0.05, 0.1) is 6.04 Å². The van der Waals surface area contributed by atoms with Gasteiger partial charge in [0.2, 0.25) is 0 Å². The van der Waals surface area contributed by atoms with E-state index < -0.39 is 0 Å². The van der Waals surface area contributed by atoms with E-state index in [1.807, 2.05) is 31.2 Å². The number of anilines is 1. The first-order valence-electron chi connectivity index (χ1n) is 7.00. The third-order valence-corrected chi connectivity index (χ3v) is 4.39. The Morgan fingerprint density at radius 3 is 2.86 bits per heavy atom. The van der Waals surface area contributed by atoms with Crippen molar-refractivity contribution in [3.8, 4) is 0 Å². The van der Waals surface area contributed by atoms with E-state index in [-0.39, 0.29) is 11.9 Å². The molecule has 3 rings (SSSR count). The van der Waals surface area contributed by atoms with E-state index in [1.54, 1.807) is 12.1 Å². The van der Waals surface area contributed by atoms with Crippen LogP contribution in [0.2, 0.25) is 5.02 Å². The van der Waals surface area contributed by atoms with Crippen LogP contribution < -0.4 is 11.1 Å². The number of halogens is 1. The lowest BCUT2D eigenvalue weighted by Crippen LogP contribution is -2.27. The lowest BCUT2D eigenvalue weighted by Gasteiger charge is -2.15. The van der Waals surface area contributed by atoms with Crippen LogP contribution in [0.4, 0.5) is 5.69 Å². The second kappa shape index (κ2) is 5.41. The van der Waals surface area contributed by atoms with Crippen molar-refractivity contribution >= 4 is 23.2 Å². The van der Waals surface area contributed by atoms with Crippen molar-refractivity contribution in [3.63, 3.8) is 0 Å². The Hall–Kier alpha value is -2.00. The quantitative estimate of drug-likeness (QED) is 0.832. The largest absolute Gasteiger partial charge is 0.399 e. The molecule has 1 aliphatic carbocycles. The predicted octanol–water partition coefficient (Wildman–Crippen LogP) is 3.65. The van der Waals surface area contributed by atoms with Gasteiger partial charge in [-0.3, -0.25) is 4.79 Å². The molecule has 1 atom stereocenters. The van der Waals surface area contributed by atoms with E-state index in [4.69, 9.17) is 17.3 Å². The molecule has 1 unspecified atom stereocenters. The number of benzene rings is 2. The lowest BCUT2D eigenvalue weighted by atomic mass is 10.1. The summed E-state index contributed by atoms with van der Waals surface area (Å²) in [5.74, 6) is -0.0653. The van der Waals surface area contributed by atoms with Crippen molar-refractivity contribution in [2.24, 2.45) is 0 Å². The van der Waals surface area contributed by atoms with Gasteiger partial charge in [0.15, 0.2) is 0 Å². The van der Waals surface area contributed by atoms with Gasteiger partial charge in [-0.25, -0.2) is 0 Å². The summed E-state index contributed by atoms with van der Waals surface area (Å²) in [5, 5.41) is 3.77. The molecule has 0 bridgehead atoms. The van der Waals surface area contributed by atoms with Crippen LogP contribution in [-0.2, 0) is 6.42 Å². The van der Waals surface area contributed by atoms with Crippen molar-refractivity contribution in [2.75, 3.05) is 5.73 Å². The average molecular weight is 301 g/mol. The lowest BCUT2D eigenvalue weighted by molar-refractivity contribution is 0.0936. The number of amides is 1. The number of hydrogen-bond donors (Lipinski definition) is 2. The Morgan fingerprint density at radius 1 is 1.29 bits per heavy atom. The highest BCUT2D eigenvalue weighted by Crippen LogP contribution is 2.32. The van der Waals surface area contributed by atoms with E-state index in [1.165, 1.54) is 11.1 Å². The van der Waals surface area contributed by atoms with E-state index in [9.17, 15) is 4.79 Å². The fourth-order valence-electron chi connectivity index (χ4n) is 2.81. The van der Waals surface area contributed by atoms with Gasteiger partial charge in [0.25, 0.3) is 5.91 Å². The Labute approximate surface area is 129 Å². The highest BCUT2D eigenvalue weighted by Gasteiger charge is 2.24. The van der Waals surface area contributed by atoms with Crippen LogP contribution in [0.5, 0.6) is 0 Å². The highest BCUT2D eigenvalue weighted by atomic mass is 35.5. The van der Waals surface area contributed by atoms with E-state index >= 15 is 0 Å². The van der Waals surface area contributed by atoms with Gasteiger partial charge >= 0.3 is 0 Å². The number of nitrogens with one attached hydrogen (secondary N) is 1. The molecule has 0 saturated carbocycles. The molecule has 0 spiro atoms. The average Bonchev–Trinajstić information content (AvgIpc) is 2.84. The summed E-state index contributed by atoms with van der Waals surface area (Å²) in [6.45, 7) is 1.90. The smallest absolute Gasteiger partial charge is 0.251 e. The molecule has 0 aromatic heterocycles.